The van der Waals surface area contributed by atoms with Crippen LogP contribution >= 0.6 is 0 Å². The molecule has 0 aromatic heterocycles. The molecular weight excluding hydrogens is 218 g/mol. The van der Waals surface area contributed by atoms with Crippen LogP contribution in [0.3, 0.4) is 0 Å². The highest BCUT2D eigenvalue weighted by atomic mass is 16.4. The maximum absolute atomic E-state index is 11.3. The maximum Gasteiger partial charge on any atom is 0.312 e. The molecule has 98 valence electrons. The van der Waals surface area contributed by atoms with Gasteiger partial charge in [0, 0.05) is 6.54 Å². The van der Waals surface area contributed by atoms with E-state index in [2.05, 4.69) is 19.2 Å². The Morgan fingerprint density at radius 1 is 1.29 bits per heavy atom. The predicted molar refractivity (Wildman–Crippen MR) is 65.6 cm³/mol. The topological polar surface area (TPSA) is 66.4 Å². The van der Waals surface area contributed by atoms with E-state index in [1.165, 1.54) is 12.8 Å². The molecule has 0 atom stereocenters. The van der Waals surface area contributed by atoms with Gasteiger partial charge in [0.1, 0.15) is 6.42 Å². The zero-order valence-electron chi connectivity index (χ0n) is 10.8. The van der Waals surface area contributed by atoms with E-state index in [0.29, 0.717) is 12.5 Å². The molecule has 4 heteroatoms. The van der Waals surface area contributed by atoms with Crippen LogP contribution in [0, 0.1) is 11.3 Å². The molecular formula is C13H23NO3. The Morgan fingerprint density at radius 2 is 1.88 bits per heavy atom. The Balaban J connectivity index is 2.44. The van der Waals surface area contributed by atoms with Crippen LogP contribution in [0.2, 0.25) is 0 Å². The van der Waals surface area contributed by atoms with Crippen LogP contribution in [0.1, 0.15) is 52.4 Å². The van der Waals surface area contributed by atoms with Gasteiger partial charge in [0.25, 0.3) is 0 Å². The fourth-order valence-corrected chi connectivity index (χ4v) is 2.93. The summed E-state index contributed by atoms with van der Waals surface area (Å²) in [5, 5.41) is 11.3. The summed E-state index contributed by atoms with van der Waals surface area (Å²) in [5.74, 6) is -0.816. The number of aliphatic carboxylic acids is 1. The highest BCUT2D eigenvalue weighted by Gasteiger charge is 2.34. The van der Waals surface area contributed by atoms with Gasteiger partial charge in [0.15, 0.2) is 0 Å². The molecule has 2 N–H and O–H groups in total. The standard InChI is InChI=1S/C13H23NO3/c1-10(2)8-13(5-3-4-6-13)9-14-11(15)7-12(16)17/h10H,3-9H2,1-2H3,(H,14,15)(H,16,17). The molecule has 0 aromatic carbocycles. The summed E-state index contributed by atoms with van der Waals surface area (Å²) in [4.78, 5) is 21.7. The summed E-state index contributed by atoms with van der Waals surface area (Å²) in [5.41, 5.74) is 0.211. The van der Waals surface area contributed by atoms with Gasteiger partial charge in [-0.2, -0.15) is 0 Å². The SMILES string of the molecule is CC(C)CC1(CNC(=O)CC(=O)O)CCCC1. The lowest BCUT2D eigenvalue weighted by atomic mass is 9.78. The lowest BCUT2D eigenvalue weighted by Crippen LogP contribution is -2.37. The number of hydrogen-bond donors (Lipinski definition) is 2. The highest BCUT2D eigenvalue weighted by Crippen LogP contribution is 2.42. The molecule has 1 rings (SSSR count). The summed E-state index contributed by atoms with van der Waals surface area (Å²) in [6, 6.07) is 0. The lowest BCUT2D eigenvalue weighted by molar-refractivity contribution is -0.140. The maximum atomic E-state index is 11.3. The van der Waals surface area contributed by atoms with Gasteiger partial charge in [0.05, 0.1) is 0 Å². The summed E-state index contributed by atoms with van der Waals surface area (Å²) in [6.45, 7) is 5.02. The van der Waals surface area contributed by atoms with E-state index in [4.69, 9.17) is 5.11 Å². The van der Waals surface area contributed by atoms with E-state index >= 15 is 0 Å². The Labute approximate surface area is 103 Å². The van der Waals surface area contributed by atoms with E-state index < -0.39 is 12.4 Å². The monoisotopic (exact) mass is 241 g/mol. The number of carboxylic acid groups (broad SMARTS) is 1. The molecule has 0 aliphatic heterocycles. The third kappa shape index (κ3) is 4.75. The van der Waals surface area contributed by atoms with Gasteiger partial charge in [-0.3, -0.25) is 9.59 Å². The minimum atomic E-state index is -1.06. The van der Waals surface area contributed by atoms with Gasteiger partial charge in [-0.25, -0.2) is 0 Å². The first-order chi connectivity index (χ1) is 7.93. The largest absolute Gasteiger partial charge is 0.481 e. The number of nitrogens with one attached hydrogen (secondary N) is 1. The predicted octanol–water partition coefficient (Wildman–Crippen LogP) is 2.18. The summed E-state index contributed by atoms with van der Waals surface area (Å²) in [6.07, 6.45) is 5.44. The van der Waals surface area contributed by atoms with Crippen molar-refractivity contribution in [2.45, 2.75) is 52.4 Å². The summed E-state index contributed by atoms with van der Waals surface area (Å²) in [7, 11) is 0. The molecule has 1 amide bonds. The number of carbonyl (C=O) groups excluding carboxylic acids is 1. The number of hydrogen-bond acceptors (Lipinski definition) is 2. The van der Waals surface area contributed by atoms with E-state index in [-0.39, 0.29) is 11.3 Å². The molecule has 1 aliphatic rings. The van der Waals surface area contributed by atoms with Crippen molar-refractivity contribution in [3.63, 3.8) is 0 Å². The first kappa shape index (κ1) is 14.0. The van der Waals surface area contributed by atoms with Crippen LogP contribution in [0.5, 0.6) is 0 Å². The van der Waals surface area contributed by atoms with Crippen LogP contribution in [0.15, 0.2) is 0 Å². The van der Waals surface area contributed by atoms with Crippen LogP contribution in [0.25, 0.3) is 0 Å². The van der Waals surface area contributed by atoms with Crippen molar-refractivity contribution in [1.29, 1.82) is 0 Å². The molecule has 0 radical (unpaired) electrons. The minimum absolute atomic E-state index is 0.211. The van der Waals surface area contributed by atoms with E-state index in [9.17, 15) is 9.59 Å². The van der Waals surface area contributed by atoms with Crippen LogP contribution in [0.4, 0.5) is 0 Å². The van der Waals surface area contributed by atoms with Gasteiger partial charge < -0.3 is 10.4 Å². The van der Waals surface area contributed by atoms with Crippen molar-refractivity contribution in [3.05, 3.63) is 0 Å². The third-order valence-electron chi connectivity index (χ3n) is 3.48. The Bertz CT molecular complexity index is 280. The molecule has 0 heterocycles. The average molecular weight is 241 g/mol. The fraction of sp³-hybridized carbons (Fsp3) is 0.846. The van der Waals surface area contributed by atoms with Crippen molar-refractivity contribution in [2.24, 2.45) is 11.3 Å². The van der Waals surface area contributed by atoms with Crippen molar-refractivity contribution in [2.75, 3.05) is 6.54 Å². The molecule has 4 nitrogen and oxygen atoms in total. The number of rotatable bonds is 6. The molecule has 17 heavy (non-hydrogen) atoms. The summed E-state index contributed by atoms with van der Waals surface area (Å²) >= 11 is 0. The molecule has 0 aromatic rings. The Kier molecular flexibility index (Phi) is 4.97. The van der Waals surface area contributed by atoms with E-state index in [0.717, 1.165) is 19.3 Å². The zero-order chi connectivity index (χ0) is 12.9. The van der Waals surface area contributed by atoms with Gasteiger partial charge in [0.2, 0.25) is 5.91 Å². The Hall–Kier alpha value is -1.06. The molecule has 0 spiro atoms. The highest BCUT2D eigenvalue weighted by molar-refractivity contribution is 5.93. The summed E-state index contributed by atoms with van der Waals surface area (Å²) < 4.78 is 0. The van der Waals surface area contributed by atoms with Crippen LogP contribution in [-0.2, 0) is 9.59 Å². The van der Waals surface area contributed by atoms with Crippen molar-refractivity contribution >= 4 is 11.9 Å². The molecule has 1 aliphatic carbocycles. The molecule has 0 saturated heterocycles. The zero-order valence-corrected chi connectivity index (χ0v) is 10.8. The Morgan fingerprint density at radius 3 is 2.35 bits per heavy atom. The second kappa shape index (κ2) is 6.03. The molecule has 1 fully saturated rings. The number of carbonyl (C=O) groups is 2. The van der Waals surface area contributed by atoms with Crippen molar-refractivity contribution < 1.29 is 14.7 Å². The van der Waals surface area contributed by atoms with Gasteiger partial charge in [-0.15, -0.1) is 0 Å². The van der Waals surface area contributed by atoms with Gasteiger partial charge in [-0.1, -0.05) is 26.7 Å². The molecule has 0 bridgehead atoms. The normalized spacial score (nSPS) is 18.3. The number of carboxylic acids is 1. The number of amides is 1. The third-order valence-corrected chi connectivity index (χ3v) is 3.48. The molecule has 1 saturated carbocycles. The average Bonchev–Trinajstić information content (AvgIpc) is 2.62. The first-order valence-electron chi connectivity index (χ1n) is 6.42. The quantitative estimate of drug-likeness (QED) is 0.700. The van der Waals surface area contributed by atoms with Crippen LogP contribution in [-0.4, -0.2) is 23.5 Å². The van der Waals surface area contributed by atoms with Gasteiger partial charge in [-0.05, 0) is 30.6 Å². The second-order valence-corrected chi connectivity index (χ2v) is 5.65. The van der Waals surface area contributed by atoms with Crippen LogP contribution < -0.4 is 5.32 Å². The fourth-order valence-electron chi connectivity index (χ4n) is 2.93. The van der Waals surface area contributed by atoms with Crippen molar-refractivity contribution in [3.8, 4) is 0 Å². The van der Waals surface area contributed by atoms with E-state index in [1.54, 1.807) is 0 Å². The van der Waals surface area contributed by atoms with Crippen molar-refractivity contribution in [1.82, 2.24) is 5.32 Å². The second-order valence-electron chi connectivity index (χ2n) is 5.65. The first-order valence-corrected chi connectivity index (χ1v) is 6.42. The minimum Gasteiger partial charge on any atom is -0.481 e. The smallest absolute Gasteiger partial charge is 0.312 e. The van der Waals surface area contributed by atoms with Gasteiger partial charge >= 0.3 is 5.97 Å². The van der Waals surface area contributed by atoms with E-state index in [1.807, 2.05) is 0 Å². The lowest BCUT2D eigenvalue weighted by Gasteiger charge is -2.31. The molecule has 0 unspecified atom stereocenters.